The van der Waals surface area contributed by atoms with Gasteiger partial charge in [0.05, 0.1) is 23.0 Å². The van der Waals surface area contributed by atoms with Crippen LogP contribution in [-0.2, 0) is 4.79 Å². The van der Waals surface area contributed by atoms with Crippen LogP contribution in [0, 0.1) is 11.8 Å². The van der Waals surface area contributed by atoms with Gasteiger partial charge >= 0.3 is 0 Å². The first-order valence-electron chi connectivity index (χ1n) is 11.7. The second-order valence-corrected chi connectivity index (χ2v) is 9.98. The highest BCUT2D eigenvalue weighted by Gasteiger charge is 2.56. The van der Waals surface area contributed by atoms with Crippen LogP contribution in [-0.4, -0.2) is 40.8 Å². The van der Waals surface area contributed by atoms with E-state index in [4.69, 9.17) is 4.99 Å². The summed E-state index contributed by atoms with van der Waals surface area (Å²) in [4.78, 5) is 20.0. The smallest absolute Gasteiger partial charge is 0.222 e. The van der Waals surface area contributed by atoms with E-state index in [0.717, 1.165) is 44.3 Å². The molecule has 1 aromatic carbocycles. The SMILES string of the molecule is O=C1CC[C@@H]2CC3(C[C@@H]4CCN1[C@H]24)Nc1ccccc1NC3=NC1CCCCC1. The Morgan fingerprint density at radius 2 is 1.72 bits per heavy atom. The normalized spacial score (nSPS) is 37.8. The lowest BCUT2D eigenvalue weighted by atomic mass is 9.64. The van der Waals surface area contributed by atoms with E-state index in [1.165, 1.54) is 43.6 Å². The van der Waals surface area contributed by atoms with Crippen molar-refractivity contribution in [1.82, 2.24) is 4.90 Å². The van der Waals surface area contributed by atoms with Crippen molar-refractivity contribution in [3.63, 3.8) is 0 Å². The first kappa shape index (κ1) is 17.8. The molecule has 1 aromatic rings. The average molecular weight is 393 g/mol. The summed E-state index contributed by atoms with van der Waals surface area (Å²) in [6.45, 7) is 0.958. The minimum Gasteiger partial charge on any atom is -0.371 e. The minimum absolute atomic E-state index is 0.103. The molecule has 0 radical (unpaired) electrons. The number of benzene rings is 1. The zero-order valence-electron chi connectivity index (χ0n) is 17.2. The van der Waals surface area contributed by atoms with Crippen LogP contribution in [0.2, 0.25) is 0 Å². The molecule has 29 heavy (non-hydrogen) atoms. The van der Waals surface area contributed by atoms with Gasteiger partial charge in [0.25, 0.3) is 0 Å². The number of fused-ring (bicyclic) bond motifs is 1. The van der Waals surface area contributed by atoms with Crippen molar-refractivity contribution < 1.29 is 4.79 Å². The molecule has 1 unspecified atom stereocenters. The largest absolute Gasteiger partial charge is 0.371 e. The van der Waals surface area contributed by atoms with Gasteiger partial charge < -0.3 is 15.5 Å². The number of aliphatic imine (C=N–C) groups is 1. The van der Waals surface area contributed by atoms with Crippen LogP contribution in [0.25, 0.3) is 0 Å². The second-order valence-electron chi connectivity index (χ2n) is 9.98. The molecule has 2 saturated carbocycles. The molecule has 1 amide bonds. The third-order valence-electron chi connectivity index (χ3n) is 8.23. The van der Waals surface area contributed by atoms with Crippen molar-refractivity contribution >= 4 is 23.1 Å². The summed E-state index contributed by atoms with van der Waals surface area (Å²) < 4.78 is 0. The zero-order chi connectivity index (χ0) is 19.4. The number of nitrogens with zero attached hydrogens (tertiary/aromatic N) is 2. The average Bonchev–Trinajstić information content (AvgIpc) is 3.17. The van der Waals surface area contributed by atoms with Gasteiger partial charge in [-0.2, -0.15) is 0 Å². The molecule has 4 atom stereocenters. The molecule has 1 spiro atoms. The van der Waals surface area contributed by atoms with Crippen molar-refractivity contribution in [2.24, 2.45) is 16.8 Å². The molecule has 2 saturated heterocycles. The Kier molecular flexibility index (Phi) is 4.14. The molecule has 3 aliphatic heterocycles. The van der Waals surface area contributed by atoms with E-state index in [0.29, 0.717) is 29.8 Å². The van der Waals surface area contributed by atoms with Crippen molar-refractivity contribution in [3.05, 3.63) is 24.3 Å². The molecule has 5 aliphatic rings. The van der Waals surface area contributed by atoms with Crippen LogP contribution in [0.4, 0.5) is 11.4 Å². The van der Waals surface area contributed by atoms with Crippen LogP contribution in [0.15, 0.2) is 29.3 Å². The highest BCUT2D eigenvalue weighted by atomic mass is 16.2. The van der Waals surface area contributed by atoms with Crippen molar-refractivity contribution in [1.29, 1.82) is 0 Å². The Labute approximate surface area is 173 Å². The molecule has 6 rings (SSSR count). The maximum absolute atomic E-state index is 12.4. The molecular formula is C24H32N4O. The van der Waals surface area contributed by atoms with Crippen LogP contribution in [0.5, 0.6) is 0 Å². The molecule has 2 N–H and O–H groups in total. The molecular weight excluding hydrogens is 360 g/mol. The summed E-state index contributed by atoms with van der Waals surface area (Å²) in [5.41, 5.74) is 2.26. The van der Waals surface area contributed by atoms with E-state index in [-0.39, 0.29) is 5.54 Å². The lowest BCUT2D eigenvalue weighted by Crippen LogP contribution is -2.62. The van der Waals surface area contributed by atoms with Gasteiger partial charge in [0, 0.05) is 19.0 Å². The van der Waals surface area contributed by atoms with E-state index >= 15 is 0 Å². The maximum Gasteiger partial charge on any atom is 0.222 e. The van der Waals surface area contributed by atoms with E-state index in [9.17, 15) is 4.79 Å². The number of amides is 1. The highest BCUT2D eigenvalue weighted by Crippen LogP contribution is 2.51. The maximum atomic E-state index is 12.4. The number of rotatable bonds is 1. The fraction of sp³-hybridized carbons (Fsp3) is 0.667. The first-order valence-corrected chi connectivity index (χ1v) is 11.7. The fourth-order valence-corrected chi connectivity index (χ4v) is 6.97. The molecule has 0 bridgehead atoms. The van der Waals surface area contributed by atoms with E-state index in [2.05, 4.69) is 39.8 Å². The van der Waals surface area contributed by atoms with Gasteiger partial charge in [0.1, 0.15) is 5.84 Å². The fourth-order valence-electron chi connectivity index (χ4n) is 6.97. The Hall–Kier alpha value is -2.04. The summed E-state index contributed by atoms with van der Waals surface area (Å²) in [5, 5.41) is 7.76. The number of para-hydroxylation sites is 2. The summed E-state index contributed by atoms with van der Waals surface area (Å²) in [6, 6.07) is 9.50. The topological polar surface area (TPSA) is 56.7 Å². The number of carbonyl (C=O) groups is 1. The predicted octanol–water partition coefficient (Wildman–Crippen LogP) is 4.41. The zero-order valence-corrected chi connectivity index (χ0v) is 17.2. The lowest BCUT2D eigenvalue weighted by Gasteiger charge is -2.53. The third kappa shape index (κ3) is 2.88. The highest BCUT2D eigenvalue weighted by molar-refractivity contribution is 6.09. The second kappa shape index (κ2) is 6.75. The summed E-state index contributed by atoms with van der Waals surface area (Å²) in [5.74, 6) is 2.75. The molecule has 4 fully saturated rings. The molecule has 5 heteroatoms. The number of piperidine rings is 1. The van der Waals surface area contributed by atoms with Crippen molar-refractivity contribution in [2.45, 2.75) is 81.8 Å². The Morgan fingerprint density at radius 3 is 2.55 bits per heavy atom. The molecule has 3 heterocycles. The Bertz CT molecular complexity index is 845. The number of hydrogen-bond acceptors (Lipinski definition) is 3. The van der Waals surface area contributed by atoms with Gasteiger partial charge in [-0.25, -0.2) is 0 Å². The van der Waals surface area contributed by atoms with Crippen molar-refractivity contribution in [2.75, 3.05) is 17.2 Å². The van der Waals surface area contributed by atoms with Gasteiger partial charge in [-0.05, 0) is 62.5 Å². The van der Waals surface area contributed by atoms with Crippen molar-refractivity contribution in [3.8, 4) is 0 Å². The first-order chi connectivity index (χ1) is 14.2. The summed E-state index contributed by atoms with van der Waals surface area (Å²) >= 11 is 0. The van der Waals surface area contributed by atoms with Crippen LogP contribution < -0.4 is 10.6 Å². The van der Waals surface area contributed by atoms with Crippen LogP contribution >= 0.6 is 0 Å². The summed E-state index contributed by atoms with van der Waals surface area (Å²) in [7, 11) is 0. The van der Waals surface area contributed by atoms with E-state index < -0.39 is 0 Å². The Morgan fingerprint density at radius 1 is 0.966 bits per heavy atom. The minimum atomic E-state index is -0.103. The number of hydrogen-bond donors (Lipinski definition) is 2. The predicted molar refractivity (Wildman–Crippen MR) is 116 cm³/mol. The van der Waals surface area contributed by atoms with E-state index in [1.807, 2.05) is 0 Å². The molecule has 2 aliphatic carbocycles. The molecule has 154 valence electrons. The van der Waals surface area contributed by atoms with Gasteiger partial charge in [0.15, 0.2) is 0 Å². The Balaban J connectivity index is 1.38. The number of anilines is 2. The number of amidine groups is 1. The third-order valence-corrected chi connectivity index (χ3v) is 8.23. The van der Waals surface area contributed by atoms with Gasteiger partial charge in [-0.15, -0.1) is 0 Å². The molecule has 0 aromatic heterocycles. The molecule has 5 nitrogen and oxygen atoms in total. The lowest BCUT2D eigenvalue weighted by molar-refractivity contribution is -0.138. The van der Waals surface area contributed by atoms with Gasteiger partial charge in [0.2, 0.25) is 5.91 Å². The van der Waals surface area contributed by atoms with Crippen LogP contribution in [0.1, 0.15) is 64.2 Å². The quantitative estimate of drug-likeness (QED) is 0.744. The van der Waals surface area contributed by atoms with Crippen LogP contribution in [0.3, 0.4) is 0 Å². The van der Waals surface area contributed by atoms with E-state index in [1.54, 1.807) is 0 Å². The van der Waals surface area contributed by atoms with Gasteiger partial charge in [-0.3, -0.25) is 9.79 Å². The standard InChI is InChI=1S/C24H32N4O/c29-21-11-10-16-14-24(15-17-12-13-28(21)22(16)17)23(25-18-6-2-1-3-7-18)26-19-8-4-5-9-20(19)27-24/h4-5,8-9,16-18,22,27H,1-3,6-7,10-15H2,(H,25,26)/t16-,17+,22-,24?/m1/s1. The number of carbonyl (C=O) groups excluding carboxylic acids is 1. The monoisotopic (exact) mass is 392 g/mol. The summed E-state index contributed by atoms with van der Waals surface area (Å²) in [6.07, 6.45) is 11.5. The van der Waals surface area contributed by atoms with Gasteiger partial charge in [-0.1, -0.05) is 31.4 Å². The number of nitrogens with one attached hydrogen (secondary N) is 2.